The van der Waals surface area contributed by atoms with E-state index in [9.17, 15) is 4.79 Å². The molecular weight excluding hydrogens is 378 g/mol. The van der Waals surface area contributed by atoms with Crippen molar-refractivity contribution in [1.82, 2.24) is 15.0 Å². The monoisotopic (exact) mass is 403 g/mol. The Hall–Kier alpha value is -3.52. The van der Waals surface area contributed by atoms with Crippen LogP contribution in [0.3, 0.4) is 0 Å². The van der Waals surface area contributed by atoms with Gasteiger partial charge in [-0.05, 0) is 55.7 Å². The number of nitrogens with two attached hydrogens (primary N) is 2. The molecule has 4 heterocycles. The zero-order chi connectivity index (χ0) is 21.1. The normalized spacial score (nSPS) is 16.3. The Bertz CT molecular complexity index is 1070. The first-order valence-electron chi connectivity index (χ1n) is 9.96. The van der Waals surface area contributed by atoms with Gasteiger partial charge in [-0.15, -0.1) is 0 Å². The molecule has 0 aromatic carbocycles. The minimum absolute atomic E-state index is 0.117. The third-order valence-electron chi connectivity index (χ3n) is 5.16. The molecule has 0 bridgehead atoms. The molecule has 4 rings (SSSR count). The second-order valence-corrected chi connectivity index (χ2v) is 7.55. The molecule has 8 nitrogen and oxygen atoms in total. The van der Waals surface area contributed by atoms with Crippen molar-refractivity contribution in [1.29, 1.82) is 0 Å². The van der Waals surface area contributed by atoms with Gasteiger partial charge in [0.1, 0.15) is 0 Å². The van der Waals surface area contributed by atoms with Crippen molar-refractivity contribution in [2.45, 2.75) is 25.8 Å². The van der Waals surface area contributed by atoms with E-state index in [1.807, 2.05) is 25.1 Å². The Labute approximate surface area is 175 Å². The molecule has 8 heteroatoms. The molecule has 1 atom stereocenters. The first-order chi connectivity index (χ1) is 14.5. The first kappa shape index (κ1) is 19.8. The summed E-state index contributed by atoms with van der Waals surface area (Å²) < 4.78 is 0. The Balaban J connectivity index is 1.61. The van der Waals surface area contributed by atoms with Crippen molar-refractivity contribution in [2.24, 2.45) is 5.73 Å². The summed E-state index contributed by atoms with van der Waals surface area (Å²) in [4.78, 5) is 28.2. The standard InChI is InChI=1S/C22H25N7O/c1-14-6-9-26-18(11-14)17-5-4-16(24)21(27-17)22(30)28-19-12-25-8-7-20(19)29-10-2-3-15(23)13-29/h4-9,11-12,15H,2-3,10,13,23-24H2,1H3,(H,28,30). The van der Waals surface area contributed by atoms with Crippen LogP contribution in [0.25, 0.3) is 11.4 Å². The Kier molecular flexibility index (Phi) is 5.58. The molecular formula is C22H25N7O. The number of piperidine rings is 1. The number of carbonyl (C=O) groups is 1. The molecule has 1 saturated heterocycles. The van der Waals surface area contributed by atoms with Gasteiger partial charge in [-0.1, -0.05) is 0 Å². The van der Waals surface area contributed by atoms with Gasteiger partial charge in [-0.3, -0.25) is 14.8 Å². The lowest BCUT2D eigenvalue weighted by Crippen LogP contribution is -2.43. The van der Waals surface area contributed by atoms with Crippen LogP contribution in [0.4, 0.5) is 17.1 Å². The number of rotatable bonds is 4. The lowest BCUT2D eigenvalue weighted by molar-refractivity contribution is 0.102. The first-order valence-corrected chi connectivity index (χ1v) is 9.96. The molecule has 1 unspecified atom stereocenters. The van der Waals surface area contributed by atoms with Crippen LogP contribution in [0, 0.1) is 6.92 Å². The summed E-state index contributed by atoms with van der Waals surface area (Å²) in [5.41, 5.74) is 16.5. The van der Waals surface area contributed by atoms with Gasteiger partial charge in [-0.25, -0.2) is 4.98 Å². The summed E-state index contributed by atoms with van der Waals surface area (Å²) in [6, 6.07) is 9.26. The number of nitrogens with one attached hydrogen (secondary N) is 1. The molecule has 1 aliphatic heterocycles. The van der Waals surface area contributed by atoms with Crippen LogP contribution in [0.5, 0.6) is 0 Å². The van der Waals surface area contributed by atoms with Gasteiger partial charge < -0.3 is 21.7 Å². The van der Waals surface area contributed by atoms with Crippen molar-refractivity contribution >= 4 is 23.0 Å². The third-order valence-corrected chi connectivity index (χ3v) is 5.16. The number of hydrogen-bond donors (Lipinski definition) is 3. The van der Waals surface area contributed by atoms with Crippen molar-refractivity contribution in [3.05, 3.63) is 60.2 Å². The van der Waals surface area contributed by atoms with E-state index in [4.69, 9.17) is 11.5 Å². The fourth-order valence-electron chi connectivity index (χ4n) is 3.64. The fourth-order valence-corrected chi connectivity index (χ4v) is 3.64. The second-order valence-electron chi connectivity index (χ2n) is 7.55. The predicted molar refractivity (Wildman–Crippen MR) is 118 cm³/mol. The van der Waals surface area contributed by atoms with E-state index in [0.717, 1.165) is 37.2 Å². The van der Waals surface area contributed by atoms with Crippen LogP contribution in [0.15, 0.2) is 48.9 Å². The quantitative estimate of drug-likeness (QED) is 0.612. The number of carbonyl (C=O) groups excluding carboxylic acids is 1. The number of hydrogen-bond acceptors (Lipinski definition) is 7. The molecule has 5 N–H and O–H groups in total. The minimum atomic E-state index is -0.391. The van der Waals surface area contributed by atoms with Crippen molar-refractivity contribution in [2.75, 3.05) is 29.0 Å². The van der Waals surface area contributed by atoms with E-state index in [1.165, 1.54) is 0 Å². The van der Waals surface area contributed by atoms with Gasteiger partial charge in [-0.2, -0.15) is 0 Å². The predicted octanol–water partition coefficient (Wildman–Crippen LogP) is 2.61. The van der Waals surface area contributed by atoms with Gasteiger partial charge in [0.2, 0.25) is 0 Å². The van der Waals surface area contributed by atoms with Gasteiger partial charge in [0, 0.05) is 31.5 Å². The lowest BCUT2D eigenvalue weighted by atomic mass is 10.1. The summed E-state index contributed by atoms with van der Waals surface area (Å²) in [6.45, 7) is 3.60. The van der Waals surface area contributed by atoms with Gasteiger partial charge in [0.15, 0.2) is 5.69 Å². The Morgan fingerprint density at radius 1 is 1.20 bits per heavy atom. The summed E-state index contributed by atoms with van der Waals surface area (Å²) in [7, 11) is 0. The molecule has 0 radical (unpaired) electrons. The molecule has 154 valence electrons. The maximum atomic E-state index is 13.0. The summed E-state index contributed by atoms with van der Waals surface area (Å²) in [5, 5.41) is 2.92. The molecule has 3 aromatic rings. The number of aromatic nitrogens is 3. The van der Waals surface area contributed by atoms with E-state index in [0.29, 0.717) is 22.8 Å². The molecule has 1 aliphatic rings. The smallest absolute Gasteiger partial charge is 0.276 e. The van der Waals surface area contributed by atoms with Crippen LogP contribution in [0.2, 0.25) is 0 Å². The van der Waals surface area contributed by atoms with Crippen LogP contribution in [-0.4, -0.2) is 40.0 Å². The molecule has 0 saturated carbocycles. The average Bonchev–Trinajstić information content (AvgIpc) is 2.74. The second kappa shape index (κ2) is 8.46. The van der Waals surface area contributed by atoms with Crippen LogP contribution in [0.1, 0.15) is 28.9 Å². The van der Waals surface area contributed by atoms with Gasteiger partial charge >= 0.3 is 0 Å². The number of pyridine rings is 3. The lowest BCUT2D eigenvalue weighted by Gasteiger charge is -2.33. The molecule has 3 aromatic heterocycles. The van der Waals surface area contributed by atoms with Crippen molar-refractivity contribution in [3.63, 3.8) is 0 Å². The number of aryl methyl sites for hydroxylation is 1. The molecule has 1 fully saturated rings. The molecule has 30 heavy (non-hydrogen) atoms. The van der Waals surface area contributed by atoms with E-state index in [1.54, 1.807) is 30.7 Å². The maximum absolute atomic E-state index is 13.0. The Morgan fingerprint density at radius 3 is 2.87 bits per heavy atom. The highest BCUT2D eigenvalue weighted by atomic mass is 16.1. The zero-order valence-corrected chi connectivity index (χ0v) is 16.9. The number of anilines is 3. The molecule has 0 spiro atoms. The van der Waals surface area contributed by atoms with E-state index >= 15 is 0 Å². The van der Waals surface area contributed by atoms with Crippen molar-refractivity contribution < 1.29 is 4.79 Å². The van der Waals surface area contributed by atoms with Crippen LogP contribution in [-0.2, 0) is 0 Å². The summed E-state index contributed by atoms with van der Waals surface area (Å²) >= 11 is 0. The highest BCUT2D eigenvalue weighted by molar-refractivity contribution is 6.07. The van der Waals surface area contributed by atoms with Crippen molar-refractivity contribution in [3.8, 4) is 11.4 Å². The topological polar surface area (TPSA) is 123 Å². The Morgan fingerprint density at radius 2 is 2.07 bits per heavy atom. The summed E-state index contributed by atoms with van der Waals surface area (Å²) in [5.74, 6) is -0.391. The van der Waals surface area contributed by atoms with Crippen LogP contribution >= 0.6 is 0 Å². The zero-order valence-electron chi connectivity index (χ0n) is 16.9. The molecule has 0 aliphatic carbocycles. The van der Waals surface area contributed by atoms with E-state index < -0.39 is 5.91 Å². The number of nitrogens with zero attached hydrogens (tertiary/aromatic N) is 4. The maximum Gasteiger partial charge on any atom is 0.276 e. The average molecular weight is 403 g/mol. The third kappa shape index (κ3) is 4.23. The highest BCUT2D eigenvalue weighted by Gasteiger charge is 2.21. The van der Waals surface area contributed by atoms with Gasteiger partial charge in [0.05, 0.1) is 34.6 Å². The van der Waals surface area contributed by atoms with Crippen LogP contribution < -0.4 is 21.7 Å². The van der Waals surface area contributed by atoms with E-state index in [2.05, 4.69) is 25.2 Å². The SMILES string of the molecule is Cc1ccnc(-c2ccc(N)c(C(=O)Nc3cnccc3N3CCCC(N)C3)n2)c1. The largest absolute Gasteiger partial charge is 0.397 e. The fraction of sp³-hybridized carbons (Fsp3) is 0.273. The van der Waals surface area contributed by atoms with Gasteiger partial charge in [0.25, 0.3) is 5.91 Å². The molecule has 1 amide bonds. The summed E-state index contributed by atoms with van der Waals surface area (Å²) in [6.07, 6.45) is 7.07. The number of amides is 1. The highest BCUT2D eigenvalue weighted by Crippen LogP contribution is 2.28. The minimum Gasteiger partial charge on any atom is -0.397 e. The van der Waals surface area contributed by atoms with E-state index in [-0.39, 0.29) is 11.7 Å². The number of nitrogen functional groups attached to an aromatic ring is 1.